The van der Waals surface area contributed by atoms with E-state index in [1.54, 1.807) is 29.8 Å². The summed E-state index contributed by atoms with van der Waals surface area (Å²) >= 11 is 12.0. The van der Waals surface area contributed by atoms with Crippen molar-refractivity contribution >= 4 is 40.6 Å². The Labute approximate surface area is 176 Å². The lowest BCUT2D eigenvalue weighted by atomic mass is 10.2. The van der Waals surface area contributed by atoms with Gasteiger partial charge in [0.1, 0.15) is 17.9 Å². The molecule has 3 aromatic rings. The van der Waals surface area contributed by atoms with Crippen molar-refractivity contribution in [3.05, 3.63) is 67.6 Å². The number of nitro groups is 1. The third-order valence-electron chi connectivity index (χ3n) is 4.41. The molecule has 152 valence electrons. The fourth-order valence-corrected chi connectivity index (χ4v) is 3.06. The molecule has 0 bridgehead atoms. The second-order valence-corrected chi connectivity index (χ2v) is 7.39. The molecule has 0 aliphatic carbocycles. The number of benzene rings is 1. The molecule has 0 saturated heterocycles. The highest BCUT2D eigenvalue weighted by Crippen LogP contribution is 2.24. The molecule has 1 amide bonds. The molecule has 1 unspecified atom stereocenters. The van der Waals surface area contributed by atoms with Crippen LogP contribution in [-0.4, -0.2) is 30.4 Å². The minimum absolute atomic E-state index is 0.133. The molecule has 0 spiro atoms. The normalized spacial score (nSPS) is 12.0. The number of nitrogens with zero attached hydrogens (tertiary/aromatic N) is 5. The lowest BCUT2D eigenvalue weighted by Gasteiger charge is -2.10. The maximum Gasteiger partial charge on any atom is 0.309 e. The molecule has 2 aromatic heterocycles. The number of carbonyl (C=O) groups is 1. The molecule has 3 rings (SSSR count). The second-order valence-electron chi connectivity index (χ2n) is 6.58. The van der Waals surface area contributed by atoms with E-state index in [0.717, 1.165) is 11.3 Å². The number of carbonyl (C=O) groups excluding carboxylic acids is 1. The Kier molecular flexibility index (Phi) is 5.90. The van der Waals surface area contributed by atoms with E-state index in [-0.39, 0.29) is 17.3 Å². The van der Waals surface area contributed by atoms with Gasteiger partial charge in [0.25, 0.3) is 0 Å². The Balaban J connectivity index is 1.72. The number of aromatic nitrogens is 4. The second kappa shape index (κ2) is 8.22. The molecule has 11 heteroatoms. The van der Waals surface area contributed by atoms with Crippen molar-refractivity contribution in [2.75, 3.05) is 5.32 Å². The molecule has 0 saturated carbocycles. The summed E-state index contributed by atoms with van der Waals surface area (Å²) in [5.74, 6) is -0.0145. The van der Waals surface area contributed by atoms with Crippen LogP contribution in [0.25, 0.3) is 0 Å². The van der Waals surface area contributed by atoms with E-state index in [9.17, 15) is 14.9 Å². The van der Waals surface area contributed by atoms with Crippen molar-refractivity contribution in [1.82, 2.24) is 19.6 Å². The first-order valence-electron chi connectivity index (χ1n) is 8.65. The predicted molar refractivity (Wildman–Crippen MR) is 109 cm³/mol. The van der Waals surface area contributed by atoms with Crippen molar-refractivity contribution in [1.29, 1.82) is 0 Å². The van der Waals surface area contributed by atoms with Crippen LogP contribution >= 0.6 is 23.2 Å². The Hall–Kier alpha value is -2.91. The third kappa shape index (κ3) is 4.57. The highest BCUT2D eigenvalue weighted by atomic mass is 35.5. The first-order valence-corrected chi connectivity index (χ1v) is 9.40. The van der Waals surface area contributed by atoms with Crippen LogP contribution in [0.2, 0.25) is 10.0 Å². The average Bonchev–Trinajstić information content (AvgIpc) is 3.20. The molecule has 9 nitrogen and oxygen atoms in total. The largest absolute Gasteiger partial charge is 0.309 e. The van der Waals surface area contributed by atoms with Gasteiger partial charge in [0.2, 0.25) is 5.91 Å². The predicted octanol–water partition coefficient (Wildman–Crippen LogP) is 4.16. The summed E-state index contributed by atoms with van der Waals surface area (Å²) < 4.78 is 2.99. The van der Waals surface area contributed by atoms with Gasteiger partial charge in [-0.05, 0) is 38.5 Å². The molecular formula is C18H18Cl2N6O3. The Morgan fingerprint density at radius 3 is 2.59 bits per heavy atom. The van der Waals surface area contributed by atoms with Gasteiger partial charge in [-0.3, -0.25) is 24.3 Å². The summed E-state index contributed by atoms with van der Waals surface area (Å²) in [4.78, 5) is 23.0. The molecule has 0 radical (unpaired) electrons. The van der Waals surface area contributed by atoms with Crippen LogP contribution in [0, 0.1) is 24.0 Å². The highest BCUT2D eigenvalue weighted by molar-refractivity contribution is 6.42. The number of amides is 1. The molecule has 1 aromatic carbocycles. The standard InChI is InChI=1S/C18H18Cl2N6O3/c1-10-6-17(23-24(10)8-13-4-5-14(19)15(20)7-13)21-18(27)12(3)25-9-16(26(28)29)11(2)22-25/h4-7,9,12H,8H2,1-3H3,(H,21,23,27). The van der Waals surface area contributed by atoms with E-state index < -0.39 is 11.0 Å². The number of aryl methyl sites for hydroxylation is 2. The minimum Gasteiger partial charge on any atom is -0.307 e. The van der Waals surface area contributed by atoms with Crippen molar-refractivity contribution < 1.29 is 9.72 Å². The topological polar surface area (TPSA) is 108 Å². The zero-order valence-corrected chi connectivity index (χ0v) is 17.4. The van der Waals surface area contributed by atoms with Gasteiger partial charge in [-0.25, -0.2) is 0 Å². The van der Waals surface area contributed by atoms with Gasteiger partial charge in [-0.15, -0.1) is 0 Å². The zero-order valence-electron chi connectivity index (χ0n) is 15.9. The lowest BCUT2D eigenvalue weighted by Crippen LogP contribution is -2.24. The van der Waals surface area contributed by atoms with Gasteiger partial charge in [0.15, 0.2) is 5.82 Å². The van der Waals surface area contributed by atoms with Crippen LogP contribution in [0.5, 0.6) is 0 Å². The van der Waals surface area contributed by atoms with Crippen molar-refractivity contribution in [3.63, 3.8) is 0 Å². The van der Waals surface area contributed by atoms with Crippen LogP contribution in [0.4, 0.5) is 11.5 Å². The summed E-state index contributed by atoms with van der Waals surface area (Å²) in [7, 11) is 0. The third-order valence-corrected chi connectivity index (χ3v) is 5.15. The summed E-state index contributed by atoms with van der Waals surface area (Å²) in [6, 6.07) is 6.32. The minimum atomic E-state index is -0.747. The van der Waals surface area contributed by atoms with E-state index in [1.807, 2.05) is 13.0 Å². The van der Waals surface area contributed by atoms with E-state index >= 15 is 0 Å². The van der Waals surface area contributed by atoms with Gasteiger partial charge in [-0.2, -0.15) is 10.2 Å². The van der Waals surface area contributed by atoms with E-state index in [1.165, 1.54) is 17.8 Å². The number of rotatable bonds is 6. The first kappa shape index (κ1) is 20.8. The Morgan fingerprint density at radius 1 is 1.24 bits per heavy atom. The Bertz CT molecular complexity index is 1090. The van der Waals surface area contributed by atoms with Gasteiger partial charge < -0.3 is 5.32 Å². The number of hydrogen-bond donors (Lipinski definition) is 1. The smallest absolute Gasteiger partial charge is 0.307 e. The number of anilines is 1. The summed E-state index contributed by atoms with van der Waals surface area (Å²) in [5, 5.41) is 23.1. The number of nitrogens with one attached hydrogen (secondary N) is 1. The number of hydrogen-bond acceptors (Lipinski definition) is 5. The fourth-order valence-electron chi connectivity index (χ4n) is 2.74. The maximum atomic E-state index is 12.5. The molecule has 1 N–H and O–H groups in total. The highest BCUT2D eigenvalue weighted by Gasteiger charge is 2.23. The van der Waals surface area contributed by atoms with Crippen LogP contribution in [-0.2, 0) is 11.3 Å². The van der Waals surface area contributed by atoms with Crippen LogP contribution in [0.3, 0.4) is 0 Å². The summed E-state index contributed by atoms with van der Waals surface area (Å²) in [6.07, 6.45) is 1.24. The quantitative estimate of drug-likeness (QED) is 0.460. The first-order chi connectivity index (χ1) is 13.7. The maximum absolute atomic E-state index is 12.5. The molecule has 2 heterocycles. The van der Waals surface area contributed by atoms with Gasteiger partial charge in [0, 0.05) is 11.8 Å². The summed E-state index contributed by atoms with van der Waals surface area (Å²) in [5.41, 5.74) is 1.86. The molecule has 29 heavy (non-hydrogen) atoms. The molecule has 0 aliphatic heterocycles. The van der Waals surface area contributed by atoms with Crippen molar-refractivity contribution in [3.8, 4) is 0 Å². The summed E-state index contributed by atoms with van der Waals surface area (Å²) in [6.45, 7) is 5.45. The van der Waals surface area contributed by atoms with E-state index in [4.69, 9.17) is 23.2 Å². The van der Waals surface area contributed by atoms with Gasteiger partial charge in [0.05, 0.1) is 21.5 Å². The molecule has 0 aliphatic rings. The van der Waals surface area contributed by atoms with E-state index in [2.05, 4.69) is 15.5 Å². The molecule has 1 atom stereocenters. The SMILES string of the molecule is Cc1nn(C(C)C(=O)Nc2cc(C)n(Cc3ccc(Cl)c(Cl)c3)n2)cc1[N+](=O)[O-]. The van der Waals surface area contributed by atoms with Crippen LogP contribution in [0.15, 0.2) is 30.5 Å². The van der Waals surface area contributed by atoms with Crippen molar-refractivity contribution in [2.45, 2.75) is 33.4 Å². The zero-order chi connectivity index (χ0) is 21.3. The average molecular weight is 437 g/mol. The van der Waals surface area contributed by atoms with Gasteiger partial charge >= 0.3 is 5.69 Å². The monoisotopic (exact) mass is 436 g/mol. The fraction of sp³-hybridized carbons (Fsp3) is 0.278. The Morgan fingerprint density at radius 2 is 1.97 bits per heavy atom. The van der Waals surface area contributed by atoms with Crippen LogP contribution in [0.1, 0.15) is 29.9 Å². The number of halogens is 2. The molecular weight excluding hydrogens is 419 g/mol. The van der Waals surface area contributed by atoms with Crippen LogP contribution < -0.4 is 5.32 Å². The van der Waals surface area contributed by atoms with E-state index in [0.29, 0.717) is 22.4 Å². The molecule has 0 fully saturated rings. The van der Waals surface area contributed by atoms with Gasteiger partial charge in [-0.1, -0.05) is 29.3 Å². The lowest BCUT2D eigenvalue weighted by molar-refractivity contribution is -0.385. The van der Waals surface area contributed by atoms with Crippen molar-refractivity contribution in [2.24, 2.45) is 0 Å².